The number of rotatable bonds is 7. The van der Waals surface area contributed by atoms with Crippen molar-refractivity contribution in [1.29, 1.82) is 0 Å². The third-order valence-corrected chi connectivity index (χ3v) is 3.87. The Morgan fingerprint density at radius 3 is 3.09 bits per heavy atom. The lowest BCUT2D eigenvalue weighted by Gasteiger charge is -2.26. The van der Waals surface area contributed by atoms with E-state index < -0.39 is 0 Å². The van der Waals surface area contributed by atoms with Gasteiger partial charge in [-0.25, -0.2) is 4.98 Å². The average molecular weight is 314 g/mol. The lowest BCUT2D eigenvalue weighted by Crippen LogP contribution is -2.35. The number of nitrogens with zero attached hydrogens (tertiary/aromatic N) is 1. The third kappa shape index (κ3) is 4.56. The third-order valence-electron chi connectivity index (χ3n) is 3.87. The van der Waals surface area contributed by atoms with E-state index in [1.54, 1.807) is 0 Å². The van der Waals surface area contributed by atoms with Crippen LogP contribution in [-0.2, 0) is 6.42 Å². The highest BCUT2D eigenvalue weighted by atomic mass is 16.5. The Morgan fingerprint density at radius 2 is 2.17 bits per heavy atom. The summed E-state index contributed by atoms with van der Waals surface area (Å²) in [6, 6.07) is 9.64. The summed E-state index contributed by atoms with van der Waals surface area (Å²) < 4.78 is 5.99. The van der Waals surface area contributed by atoms with Crippen molar-refractivity contribution in [2.75, 3.05) is 25.0 Å². The molecular weight excluding hydrogens is 292 g/mol. The molecule has 0 radical (unpaired) electrons. The maximum Gasteiger partial charge on any atom is 0.252 e. The van der Waals surface area contributed by atoms with Crippen molar-refractivity contribution >= 4 is 5.95 Å². The summed E-state index contributed by atoms with van der Waals surface area (Å²) in [4.78, 5) is 17.8. The minimum atomic E-state index is -0.143. The van der Waals surface area contributed by atoms with Gasteiger partial charge in [0.25, 0.3) is 5.56 Å². The predicted molar refractivity (Wildman–Crippen MR) is 90.0 cm³/mol. The van der Waals surface area contributed by atoms with Gasteiger partial charge in [-0.1, -0.05) is 18.2 Å². The predicted octanol–water partition coefficient (Wildman–Crippen LogP) is 1.56. The van der Waals surface area contributed by atoms with Gasteiger partial charge in [-0.05, 0) is 37.4 Å². The second kappa shape index (κ2) is 7.78. The van der Waals surface area contributed by atoms with Crippen LogP contribution in [0.1, 0.15) is 18.4 Å². The number of para-hydroxylation sites is 1. The minimum absolute atomic E-state index is 0.143. The van der Waals surface area contributed by atoms with Gasteiger partial charge in [-0.2, -0.15) is 0 Å². The van der Waals surface area contributed by atoms with E-state index in [4.69, 9.17) is 4.74 Å². The van der Waals surface area contributed by atoms with E-state index in [1.165, 1.54) is 17.8 Å². The first-order valence-corrected chi connectivity index (χ1v) is 8.06. The zero-order chi connectivity index (χ0) is 15.9. The summed E-state index contributed by atoms with van der Waals surface area (Å²) in [5.41, 5.74) is 1.16. The Labute approximate surface area is 135 Å². The van der Waals surface area contributed by atoms with Crippen LogP contribution in [0.3, 0.4) is 0 Å². The van der Waals surface area contributed by atoms with Crippen LogP contribution in [0.15, 0.2) is 41.3 Å². The summed E-state index contributed by atoms with van der Waals surface area (Å²) in [5, 5.41) is 6.53. The monoisotopic (exact) mass is 314 g/mol. The molecule has 2 heterocycles. The summed E-state index contributed by atoms with van der Waals surface area (Å²) >= 11 is 0. The molecule has 1 unspecified atom stereocenters. The van der Waals surface area contributed by atoms with Crippen molar-refractivity contribution in [1.82, 2.24) is 15.3 Å². The lowest BCUT2D eigenvalue weighted by molar-refractivity contribution is 0.171. The number of ether oxygens (including phenoxy) is 1. The van der Waals surface area contributed by atoms with Crippen molar-refractivity contribution in [2.45, 2.75) is 25.4 Å². The number of hydrogen-bond acceptors (Lipinski definition) is 5. The van der Waals surface area contributed by atoms with Crippen molar-refractivity contribution in [3.05, 3.63) is 52.4 Å². The highest BCUT2D eigenvalue weighted by Gasteiger charge is 2.18. The van der Waals surface area contributed by atoms with E-state index in [9.17, 15) is 4.79 Å². The number of H-pyrrole nitrogens is 1. The first kappa shape index (κ1) is 15.6. The molecule has 2 aromatic rings. The minimum Gasteiger partial charge on any atom is -0.489 e. The molecule has 1 aliphatic heterocycles. The smallest absolute Gasteiger partial charge is 0.252 e. The number of anilines is 1. The molecule has 122 valence electrons. The van der Waals surface area contributed by atoms with Gasteiger partial charge in [0.15, 0.2) is 0 Å². The maximum atomic E-state index is 11.1. The van der Waals surface area contributed by atoms with Crippen molar-refractivity contribution in [2.24, 2.45) is 0 Å². The Bertz CT molecular complexity index is 686. The zero-order valence-electron chi connectivity index (χ0n) is 13.0. The van der Waals surface area contributed by atoms with E-state index >= 15 is 0 Å². The molecule has 23 heavy (non-hydrogen) atoms. The largest absolute Gasteiger partial charge is 0.489 e. The maximum absolute atomic E-state index is 11.1. The highest BCUT2D eigenvalue weighted by molar-refractivity contribution is 5.35. The van der Waals surface area contributed by atoms with E-state index in [0.717, 1.165) is 44.6 Å². The van der Waals surface area contributed by atoms with Gasteiger partial charge >= 0.3 is 0 Å². The summed E-state index contributed by atoms with van der Waals surface area (Å²) in [6.45, 7) is 2.51. The average Bonchev–Trinajstić information content (AvgIpc) is 2.58. The summed E-state index contributed by atoms with van der Waals surface area (Å²) in [5.74, 6) is 1.54. The molecule has 0 fully saturated rings. The second-order valence-corrected chi connectivity index (χ2v) is 5.65. The number of fused-ring (bicyclic) bond motifs is 1. The van der Waals surface area contributed by atoms with Crippen molar-refractivity contribution in [3.8, 4) is 5.75 Å². The van der Waals surface area contributed by atoms with E-state index in [-0.39, 0.29) is 11.7 Å². The fourth-order valence-corrected chi connectivity index (χ4v) is 2.67. The molecule has 0 saturated heterocycles. The van der Waals surface area contributed by atoms with Gasteiger partial charge in [0.05, 0.1) is 0 Å². The van der Waals surface area contributed by atoms with Crippen molar-refractivity contribution in [3.63, 3.8) is 0 Å². The number of aromatic nitrogens is 2. The standard InChI is InChI=1S/C17H22N4O2/c22-16-8-11-20-17(21-16)19-10-3-9-18-12-14-7-6-13-4-1-2-5-15(13)23-14/h1-2,4-5,8,11,14,18H,3,6-7,9-10,12H2,(H2,19,20,21,22). The number of aryl methyl sites for hydroxylation is 1. The highest BCUT2D eigenvalue weighted by Crippen LogP contribution is 2.26. The molecule has 6 heteroatoms. The van der Waals surface area contributed by atoms with E-state index in [2.05, 4.69) is 32.7 Å². The summed E-state index contributed by atoms with van der Waals surface area (Å²) in [6.07, 6.45) is 4.82. The normalized spacial score (nSPS) is 16.4. The molecule has 6 nitrogen and oxygen atoms in total. The zero-order valence-corrected chi connectivity index (χ0v) is 13.0. The molecule has 1 aromatic carbocycles. The number of hydrogen-bond donors (Lipinski definition) is 3. The lowest BCUT2D eigenvalue weighted by atomic mass is 10.0. The Kier molecular flexibility index (Phi) is 5.26. The molecule has 0 aliphatic carbocycles. The fraction of sp³-hybridized carbons (Fsp3) is 0.412. The first-order valence-electron chi connectivity index (χ1n) is 8.06. The molecule has 1 aliphatic rings. The van der Waals surface area contributed by atoms with Gasteiger partial charge in [-0.15, -0.1) is 0 Å². The van der Waals surface area contributed by atoms with Crippen LogP contribution in [0.5, 0.6) is 5.75 Å². The number of aromatic amines is 1. The molecule has 0 bridgehead atoms. The molecule has 0 spiro atoms. The fourth-order valence-electron chi connectivity index (χ4n) is 2.67. The van der Waals surface area contributed by atoms with Crippen LogP contribution in [0, 0.1) is 0 Å². The van der Waals surface area contributed by atoms with Gasteiger partial charge < -0.3 is 15.4 Å². The van der Waals surface area contributed by atoms with Crippen LogP contribution in [0.4, 0.5) is 5.95 Å². The molecule has 3 rings (SSSR count). The van der Waals surface area contributed by atoms with Crippen LogP contribution in [-0.4, -0.2) is 35.7 Å². The quantitative estimate of drug-likeness (QED) is 0.676. The molecular formula is C17H22N4O2. The molecule has 0 amide bonds. The Balaban J connectivity index is 1.31. The molecule has 3 N–H and O–H groups in total. The van der Waals surface area contributed by atoms with Crippen LogP contribution in [0.25, 0.3) is 0 Å². The number of benzene rings is 1. The first-order chi connectivity index (χ1) is 11.3. The SMILES string of the molecule is O=c1ccnc(NCCCNCC2CCc3ccccc3O2)[nH]1. The summed E-state index contributed by atoms with van der Waals surface area (Å²) in [7, 11) is 0. The second-order valence-electron chi connectivity index (χ2n) is 5.65. The van der Waals surface area contributed by atoms with Crippen LogP contribution >= 0.6 is 0 Å². The van der Waals surface area contributed by atoms with Crippen molar-refractivity contribution < 1.29 is 4.74 Å². The number of nitrogens with one attached hydrogen (secondary N) is 3. The Hall–Kier alpha value is -2.34. The van der Waals surface area contributed by atoms with Crippen LogP contribution in [0.2, 0.25) is 0 Å². The Morgan fingerprint density at radius 1 is 1.26 bits per heavy atom. The van der Waals surface area contributed by atoms with Gasteiger partial charge in [0, 0.05) is 25.4 Å². The van der Waals surface area contributed by atoms with Crippen LogP contribution < -0.4 is 20.9 Å². The molecule has 0 saturated carbocycles. The van der Waals surface area contributed by atoms with Gasteiger partial charge in [0.2, 0.25) is 5.95 Å². The van der Waals surface area contributed by atoms with E-state index in [1.807, 2.05) is 12.1 Å². The topological polar surface area (TPSA) is 79.0 Å². The van der Waals surface area contributed by atoms with E-state index in [0.29, 0.717) is 5.95 Å². The van der Waals surface area contributed by atoms with Gasteiger partial charge in [-0.3, -0.25) is 9.78 Å². The molecule has 1 aromatic heterocycles. The van der Waals surface area contributed by atoms with Gasteiger partial charge in [0.1, 0.15) is 11.9 Å². The molecule has 1 atom stereocenters.